The topological polar surface area (TPSA) is 94.3 Å². The van der Waals surface area contributed by atoms with Crippen LogP contribution in [0.15, 0.2) is 52.3 Å². The Bertz CT molecular complexity index is 1050. The number of nitro groups is 1. The van der Waals surface area contributed by atoms with Crippen molar-refractivity contribution in [3.05, 3.63) is 68.6 Å². The van der Waals surface area contributed by atoms with Crippen molar-refractivity contribution >= 4 is 27.9 Å². The van der Waals surface area contributed by atoms with Gasteiger partial charge in [0.1, 0.15) is 18.1 Å². The van der Waals surface area contributed by atoms with Gasteiger partial charge in [-0.1, -0.05) is 6.07 Å². The summed E-state index contributed by atoms with van der Waals surface area (Å²) in [6.07, 6.45) is 0. The lowest BCUT2D eigenvalue weighted by Crippen LogP contribution is -2.00. The molecule has 1 aromatic carbocycles. The van der Waals surface area contributed by atoms with E-state index >= 15 is 0 Å². The summed E-state index contributed by atoms with van der Waals surface area (Å²) in [7, 11) is 0. The molecule has 0 aliphatic rings. The van der Waals surface area contributed by atoms with Crippen LogP contribution in [-0.2, 0) is 13.2 Å². The average molecular weight is 355 g/mol. The predicted octanol–water partition coefficient (Wildman–Crippen LogP) is 3.81. The number of benzene rings is 1. The zero-order chi connectivity index (χ0) is 17.4. The largest absolute Gasteiger partial charge is 0.457 e. The number of hydrogen-bond acceptors (Lipinski definition) is 6. The molecule has 0 aliphatic carbocycles. The van der Waals surface area contributed by atoms with Gasteiger partial charge in [-0.25, -0.2) is 0 Å². The number of rotatable bonds is 5. The summed E-state index contributed by atoms with van der Waals surface area (Å²) in [5.74, 6) is 0.890. The molecule has 0 spiro atoms. The maximum absolute atomic E-state index is 11.1. The van der Waals surface area contributed by atoms with Gasteiger partial charge in [0, 0.05) is 22.4 Å². The van der Waals surface area contributed by atoms with Crippen molar-refractivity contribution < 1.29 is 14.4 Å². The minimum atomic E-state index is -0.429. The highest BCUT2D eigenvalue weighted by Gasteiger charge is 2.19. The van der Waals surface area contributed by atoms with E-state index in [0.717, 1.165) is 10.4 Å². The highest BCUT2D eigenvalue weighted by atomic mass is 32.1. The molecule has 0 amide bonds. The lowest BCUT2D eigenvalue weighted by atomic mass is 10.1. The molecule has 8 heteroatoms. The number of fused-ring (bicyclic) bond motifs is 1. The fourth-order valence-electron chi connectivity index (χ4n) is 2.72. The maximum Gasteiger partial charge on any atom is 0.270 e. The van der Waals surface area contributed by atoms with E-state index in [4.69, 9.17) is 4.42 Å². The average Bonchev–Trinajstić information content (AvgIpc) is 3.34. The first kappa shape index (κ1) is 15.6. The molecule has 0 radical (unpaired) electrons. The molecule has 0 bridgehead atoms. The summed E-state index contributed by atoms with van der Waals surface area (Å²) in [6, 6.07) is 12.0. The molecule has 0 fully saturated rings. The Morgan fingerprint density at radius 3 is 2.84 bits per heavy atom. The summed E-state index contributed by atoms with van der Waals surface area (Å²) >= 11 is 1.62. The molecule has 25 heavy (non-hydrogen) atoms. The van der Waals surface area contributed by atoms with Gasteiger partial charge < -0.3 is 9.52 Å². The number of aliphatic hydroxyl groups is 1. The monoisotopic (exact) mass is 355 g/mol. The van der Waals surface area contributed by atoms with Crippen LogP contribution >= 0.6 is 11.3 Å². The third-order valence-electron chi connectivity index (χ3n) is 3.88. The second-order valence-electron chi connectivity index (χ2n) is 5.47. The first-order chi connectivity index (χ1) is 12.2. The van der Waals surface area contributed by atoms with Crippen molar-refractivity contribution in [3.8, 4) is 11.5 Å². The maximum atomic E-state index is 11.1. The number of aliphatic hydroxyl groups excluding tert-OH is 1. The lowest BCUT2D eigenvalue weighted by Gasteiger charge is -2.00. The lowest BCUT2D eigenvalue weighted by molar-refractivity contribution is -0.384. The first-order valence-corrected chi connectivity index (χ1v) is 8.41. The quantitative estimate of drug-likeness (QED) is 0.434. The van der Waals surface area contributed by atoms with Crippen molar-refractivity contribution in [1.82, 2.24) is 9.78 Å². The van der Waals surface area contributed by atoms with Gasteiger partial charge in [0.05, 0.1) is 17.0 Å². The van der Waals surface area contributed by atoms with Crippen molar-refractivity contribution in [2.75, 3.05) is 0 Å². The van der Waals surface area contributed by atoms with Gasteiger partial charge in [0.25, 0.3) is 5.69 Å². The van der Waals surface area contributed by atoms with Crippen LogP contribution in [0.1, 0.15) is 10.6 Å². The van der Waals surface area contributed by atoms with E-state index in [9.17, 15) is 15.2 Å². The molecule has 1 N–H and O–H groups in total. The predicted molar refractivity (Wildman–Crippen MR) is 93.4 cm³/mol. The van der Waals surface area contributed by atoms with Gasteiger partial charge in [-0.2, -0.15) is 5.10 Å². The summed E-state index contributed by atoms with van der Waals surface area (Å²) in [5, 5.41) is 27.6. The van der Waals surface area contributed by atoms with E-state index in [2.05, 4.69) is 5.10 Å². The second-order valence-corrected chi connectivity index (χ2v) is 6.50. The van der Waals surface area contributed by atoms with E-state index < -0.39 is 4.92 Å². The molecule has 4 rings (SSSR count). The Labute approximate surface area is 145 Å². The Hall–Kier alpha value is -2.97. The Morgan fingerprint density at radius 2 is 2.16 bits per heavy atom. The van der Waals surface area contributed by atoms with Crippen molar-refractivity contribution in [2.24, 2.45) is 0 Å². The van der Waals surface area contributed by atoms with Crippen LogP contribution in [0.3, 0.4) is 0 Å². The van der Waals surface area contributed by atoms with Gasteiger partial charge in [0.2, 0.25) is 0 Å². The summed E-state index contributed by atoms with van der Waals surface area (Å²) in [4.78, 5) is 11.8. The van der Waals surface area contributed by atoms with Crippen molar-refractivity contribution in [3.63, 3.8) is 0 Å². The van der Waals surface area contributed by atoms with Gasteiger partial charge in [-0.15, -0.1) is 11.3 Å². The summed E-state index contributed by atoms with van der Waals surface area (Å²) in [6.45, 7) is 0.355. The molecule has 3 heterocycles. The molecule has 7 nitrogen and oxygen atoms in total. The van der Waals surface area contributed by atoms with Crippen LogP contribution in [0.25, 0.3) is 22.4 Å². The van der Waals surface area contributed by atoms with E-state index in [1.165, 1.54) is 12.1 Å². The van der Waals surface area contributed by atoms with Crippen LogP contribution in [0, 0.1) is 10.1 Å². The van der Waals surface area contributed by atoms with Crippen molar-refractivity contribution in [1.29, 1.82) is 0 Å². The zero-order valence-electron chi connectivity index (χ0n) is 13.0. The molecular formula is C17H13N3O4S. The number of nitrogens with zero attached hydrogens (tertiary/aromatic N) is 3. The normalized spacial score (nSPS) is 11.2. The number of non-ortho nitro benzene ring substituents is 1. The minimum Gasteiger partial charge on any atom is -0.457 e. The Kier molecular flexibility index (Phi) is 3.83. The van der Waals surface area contributed by atoms with Crippen LogP contribution < -0.4 is 0 Å². The molecule has 0 atom stereocenters. The van der Waals surface area contributed by atoms with Crippen LogP contribution in [0.4, 0.5) is 5.69 Å². The van der Waals surface area contributed by atoms with E-state index in [0.29, 0.717) is 29.1 Å². The number of nitro benzene ring substituents is 1. The summed E-state index contributed by atoms with van der Waals surface area (Å²) in [5.41, 5.74) is 1.31. The molecule has 3 aromatic heterocycles. The minimum absolute atomic E-state index is 0.00152. The fraction of sp³-hybridized carbons (Fsp3) is 0.118. The van der Waals surface area contributed by atoms with Gasteiger partial charge >= 0.3 is 0 Å². The van der Waals surface area contributed by atoms with E-state index in [1.54, 1.807) is 34.2 Å². The number of thiophene rings is 1. The van der Waals surface area contributed by atoms with Crippen LogP contribution in [0.5, 0.6) is 0 Å². The van der Waals surface area contributed by atoms with Gasteiger partial charge in [0.15, 0.2) is 5.76 Å². The third-order valence-corrected chi connectivity index (χ3v) is 4.74. The number of furan rings is 1. The molecule has 0 unspecified atom stereocenters. The summed E-state index contributed by atoms with van der Waals surface area (Å²) < 4.78 is 7.39. The molecule has 0 saturated carbocycles. The molecular weight excluding hydrogens is 342 g/mol. The highest BCUT2D eigenvalue weighted by Crippen LogP contribution is 2.32. The van der Waals surface area contributed by atoms with Crippen molar-refractivity contribution in [2.45, 2.75) is 13.2 Å². The molecule has 0 aliphatic heterocycles. The zero-order valence-corrected chi connectivity index (χ0v) is 13.8. The first-order valence-electron chi connectivity index (χ1n) is 7.53. The molecule has 4 aromatic rings. The molecule has 126 valence electrons. The van der Waals surface area contributed by atoms with Gasteiger partial charge in [-0.3, -0.25) is 14.8 Å². The Morgan fingerprint density at radius 1 is 1.28 bits per heavy atom. The number of hydrogen-bond donors (Lipinski definition) is 1. The SMILES string of the molecule is O=[N+]([O-])c1ccc2c(c1)c(-c1ccc(CO)o1)nn2Cc1cccs1. The third kappa shape index (κ3) is 2.81. The van der Waals surface area contributed by atoms with Gasteiger partial charge in [-0.05, 0) is 29.6 Å². The van der Waals surface area contributed by atoms with E-state index in [-0.39, 0.29) is 12.3 Å². The van der Waals surface area contributed by atoms with Crippen LogP contribution in [-0.4, -0.2) is 19.8 Å². The van der Waals surface area contributed by atoms with Crippen LogP contribution in [0.2, 0.25) is 0 Å². The molecule has 0 saturated heterocycles. The fourth-order valence-corrected chi connectivity index (χ4v) is 3.41. The standard InChI is InChI=1S/C17H13N3O4S/c21-10-12-4-6-16(24-12)17-14-8-11(20(22)23)3-5-15(14)19(18-17)9-13-2-1-7-25-13/h1-8,21H,9-10H2. The number of aromatic nitrogens is 2. The smallest absolute Gasteiger partial charge is 0.270 e. The second kappa shape index (κ2) is 6.15. The highest BCUT2D eigenvalue weighted by molar-refractivity contribution is 7.09. The van der Waals surface area contributed by atoms with E-state index in [1.807, 2.05) is 17.5 Å². The Balaban J connectivity index is 1.89.